The zero-order valence-electron chi connectivity index (χ0n) is 17.8. The van der Waals surface area contributed by atoms with Gasteiger partial charge in [-0.1, -0.05) is 24.9 Å². The minimum absolute atomic E-state index is 0.0208. The fraction of sp³-hybridized carbons (Fsp3) is 0.667. The van der Waals surface area contributed by atoms with E-state index in [1.54, 1.807) is 6.07 Å². The molecule has 3 rings (SSSR count). The van der Waals surface area contributed by atoms with Gasteiger partial charge in [0.25, 0.3) is 5.91 Å². The fourth-order valence-electron chi connectivity index (χ4n) is 4.02. The lowest BCUT2D eigenvalue weighted by atomic mass is 10.2. The lowest BCUT2D eigenvalue weighted by molar-refractivity contribution is 0.0948. The minimum atomic E-state index is -3.68. The standard InChI is InChI=1S/C21H33ClN4O3S/c1-2-24-13-15-25(16-14-24)10-6-9-23-21(27)18-7-8-19(22)20(17-18)30(28,29)26-11-4-3-5-12-26/h7-8,17H,2-6,9-16H2,1H3,(H,23,27). The summed E-state index contributed by atoms with van der Waals surface area (Å²) >= 11 is 6.19. The zero-order chi connectivity index (χ0) is 21.6. The van der Waals surface area contributed by atoms with Crippen molar-refractivity contribution in [3.05, 3.63) is 28.8 Å². The van der Waals surface area contributed by atoms with E-state index in [0.29, 0.717) is 25.2 Å². The van der Waals surface area contributed by atoms with Crippen LogP contribution in [0.4, 0.5) is 0 Å². The van der Waals surface area contributed by atoms with Crippen LogP contribution in [0.3, 0.4) is 0 Å². The second kappa shape index (κ2) is 10.9. The maximum absolute atomic E-state index is 13.0. The lowest BCUT2D eigenvalue weighted by Crippen LogP contribution is -2.46. The van der Waals surface area contributed by atoms with E-state index in [-0.39, 0.29) is 15.8 Å². The Balaban J connectivity index is 1.53. The molecule has 7 nitrogen and oxygen atoms in total. The van der Waals surface area contributed by atoms with Gasteiger partial charge in [-0.15, -0.1) is 0 Å². The molecule has 2 heterocycles. The van der Waals surface area contributed by atoms with E-state index in [1.807, 2.05) is 0 Å². The monoisotopic (exact) mass is 456 g/mol. The van der Waals surface area contributed by atoms with Crippen molar-refractivity contribution in [2.45, 2.75) is 37.5 Å². The number of benzene rings is 1. The highest BCUT2D eigenvalue weighted by molar-refractivity contribution is 7.89. The van der Waals surface area contributed by atoms with Gasteiger partial charge in [0.05, 0.1) is 5.02 Å². The Morgan fingerprint density at radius 1 is 1.03 bits per heavy atom. The van der Waals surface area contributed by atoms with Crippen molar-refractivity contribution in [1.82, 2.24) is 19.4 Å². The molecule has 30 heavy (non-hydrogen) atoms. The van der Waals surface area contributed by atoms with E-state index in [1.165, 1.54) is 16.4 Å². The highest BCUT2D eigenvalue weighted by Crippen LogP contribution is 2.27. The Hall–Kier alpha value is -1.19. The van der Waals surface area contributed by atoms with Gasteiger partial charge in [-0.05, 0) is 50.6 Å². The number of sulfonamides is 1. The van der Waals surface area contributed by atoms with Crippen LogP contribution in [0.15, 0.2) is 23.1 Å². The van der Waals surface area contributed by atoms with E-state index in [9.17, 15) is 13.2 Å². The van der Waals surface area contributed by atoms with E-state index in [0.717, 1.165) is 65.0 Å². The van der Waals surface area contributed by atoms with Crippen molar-refractivity contribution in [2.75, 3.05) is 58.9 Å². The van der Waals surface area contributed by atoms with E-state index in [4.69, 9.17) is 11.6 Å². The molecule has 0 atom stereocenters. The highest BCUT2D eigenvalue weighted by atomic mass is 35.5. The number of hydrogen-bond acceptors (Lipinski definition) is 5. The maximum Gasteiger partial charge on any atom is 0.251 e. The van der Waals surface area contributed by atoms with Crippen LogP contribution in [0.25, 0.3) is 0 Å². The summed E-state index contributed by atoms with van der Waals surface area (Å²) in [6, 6.07) is 4.49. The van der Waals surface area contributed by atoms with E-state index >= 15 is 0 Å². The SMILES string of the molecule is CCN1CCN(CCCNC(=O)c2ccc(Cl)c(S(=O)(=O)N3CCCCC3)c2)CC1. The molecule has 168 valence electrons. The molecule has 2 aliphatic rings. The molecule has 2 fully saturated rings. The fourth-order valence-corrected chi connectivity index (χ4v) is 6.04. The topological polar surface area (TPSA) is 73.0 Å². The number of carbonyl (C=O) groups excluding carboxylic acids is 1. The van der Waals surface area contributed by atoms with Crippen LogP contribution in [0.5, 0.6) is 0 Å². The van der Waals surface area contributed by atoms with Gasteiger partial charge in [-0.3, -0.25) is 4.79 Å². The molecule has 2 aliphatic heterocycles. The number of nitrogens with one attached hydrogen (secondary N) is 1. The van der Waals surface area contributed by atoms with Gasteiger partial charge >= 0.3 is 0 Å². The summed E-state index contributed by atoms with van der Waals surface area (Å²) in [7, 11) is -3.68. The van der Waals surface area contributed by atoms with Crippen LogP contribution in [0.2, 0.25) is 5.02 Å². The molecule has 9 heteroatoms. The molecule has 2 saturated heterocycles. The number of amides is 1. The van der Waals surface area contributed by atoms with Gasteiger partial charge < -0.3 is 15.1 Å². The van der Waals surface area contributed by atoms with Gasteiger partial charge in [-0.2, -0.15) is 4.31 Å². The molecule has 1 amide bonds. The smallest absolute Gasteiger partial charge is 0.251 e. The Kier molecular flexibility index (Phi) is 8.53. The molecule has 1 aromatic rings. The molecular weight excluding hydrogens is 424 g/mol. The number of piperazine rings is 1. The van der Waals surface area contributed by atoms with Crippen LogP contribution in [-0.2, 0) is 10.0 Å². The Morgan fingerprint density at radius 3 is 2.37 bits per heavy atom. The van der Waals surface area contributed by atoms with Crippen LogP contribution < -0.4 is 5.32 Å². The molecule has 0 saturated carbocycles. The van der Waals surface area contributed by atoms with Crippen molar-refractivity contribution in [2.24, 2.45) is 0 Å². The summed E-state index contributed by atoms with van der Waals surface area (Å²) in [6.07, 6.45) is 3.61. The number of rotatable bonds is 8. The number of halogens is 1. The van der Waals surface area contributed by atoms with Crippen molar-refractivity contribution in [3.8, 4) is 0 Å². The first-order valence-corrected chi connectivity index (χ1v) is 12.8. The summed E-state index contributed by atoms with van der Waals surface area (Å²) in [6.45, 7) is 10.1. The van der Waals surface area contributed by atoms with Gasteiger partial charge in [0.1, 0.15) is 4.90 Å². The summed E-state index contributed by atoms with van der Waals surface area (Å²) in [4.78, 5) is 17.4. The normalized spacial score (nSPS) is 19.7. The molecule has 1 N–H and O–H groups in total. The molecule has 0 aliphatic carbocycles. The molecular formula is C21H33ClN4O3S. The minimum Gasteiger partial charge on any atom is -0.352 e. The quantitative estimate of drug-likeness (QED) is 0.607. The van der Waals surface area contributed by atoms with Crippen molar-refractivity contribution in [3.63, 3.8) is 0 Å². The predicted molar refractivity (Wildman–Crippen MR) is 120 cm³/mol. The molecule has 1 aromatic carbocycles. The molecule has 0 spiro atoms. The Labute approximate surface area is 185 Å². The van der Waals surface area contributed by atoms with Gasteiger partial charge in [0.15, 0.2) is 0 Å². The Bertz CT molecular complexity index is 820. The van der Waals surface area contributed by atoms with Crippen LogP contribution in [0, 0.1) is 0 Å². The summed E-state index contributed by atoms with van der Waals surface area (Å²) < 4.78 is 27.4. The van der Waals surface area contributed by atoms with Crippen LogP contribution >= 0.6 is 11.6 Å². The molecule has 0 radical (unpaired) electrons. The summed E-state index contributed by atoms with van der Waals surface area (Å²) in [5, 5.41) is 3.06. The van der Waals surface area contributed by atoms with Gasteiger partial charge in [0.2, 0.25) is 10.0 Å². The first-order chi connectivity index (χ1) is 14.4. The van der Waals surface area contributed by atoms with Gasteiger partial charge in [-0.25, -0.2) is 8.42 Å². The van der Waals surface area contributed by atoms with E-state index < -0.39 is 10.0 Å². The first-order valence-electron chi connectivity index (χ1n) is 10.9. The summed E-state index contributed by atoms with van der Waals surface area (Å²) in [5.74, 6) is -0.266. The van der Waals surface area contributed by atoms with Gasteiger partial charge in [0, 0.05) is 51.4 Å². The van der Waals surface area contributed by atoms with Crippen LogP contribution in [-0.4, -0.2) is 87.3 Å². The second-order valence-corrected chi connectivity index (χ2v) is 10.3. The average molecular weight is 457 g/mol. The van der Waals surface area contributed by atoms with Crippen molar-refractivity contribution >= 4 is 27.5 Å². The summed E-state index contributed by atoms with van der Waals surface area (Å²) in [5.41, 5.74) is 0.326. The second-order valence-electron chi connectivity index (χ2n) is 8.00. The average Bonchev–Trinajstić information content (AvgIpc) is 2.77. The maximum atomic E-state index is 13.0. The van der Waals surface area contributed by atoms with Crippen molar-refractivity contribution in [1.29, 1.82) is 0 Å². The first kappa shape index (κ1) is 23.5. The predicted octanol–water partition coefficient (Wildman–Crippen LogP) is 2.27. The third kappa shape index (κ3) is 5.95. The third-order valence-electron chi connectivity index (χ3n) is 5.98. The Morgan fingerprint density at radius 2 is 1.70 bits per heavy atom. The molecule has 0 aromatic heterocycles. The molecule has 0 unspecified atom stereocenters. The highest BCUT2D eigenvalue weighted by Gasteiger charge is 2.28. The van der Waals surface area contributed by atoms with Crippen molar-refractivity contribution < 1.29 is 13.2 Å². The number of piperidine rings is 1. The van der Waals surface area contributed by atoms with Crippen LogP contribution in [0.1, 0.15) is 43.0 Å². The zero-order valence-corrected chi connectivity index (χ0v) is 19.3. The lowest BCUT2D eigenvalue weighted by Gasteiger charge is -2.33. The number of likely N-dealkylation sites (N-methyl/N-ethyl adjacent to an activating group) is 1. The van der Waals surface area contributed by atoms with E-state index in [2.05, 4.69) is 22.0 Å². The third-order valence-corrected chi connectivity index (χ3v) is 8.36. The number of carbonyl (C=O) groups is 1. The number of hydrogen-bond donors (Lipinski definition) is 1. The largest absolute Gasteiger partial charge is 0.352 e. The molecule has 0 bridgehead atoms. The number of nitrogens with zero attached hydrogens (tertiary/aromatic N) is 3.